The Bertz CT molecular complexity index is 1280. The summed E-state index contributed by atoms with van der Waals surface area (Å²) in [6, 6.07) is 0. The highest BCUT2D eigenvalue weighted by atomic mass is 16.6. The first-order chi connectivity index (χ1) is 31.0. The van der Waals surface area contributed by atoms with Crippen LogP contribution >= 0.6 is 0 Å². The number of allylic oxidation sites excluding steroid dienone is 16. The van der Waals surface area contributed by atoms with Crippen molar-refractivity contribution < 1.29 is 28.6 Å². The average Bonchev–Trinajstić information content (AvgIpc) is 3.28. The van der Waals surface area contributed by atoms with E-state index >= 15 is 0 Å². The van der Waals surface area contributed by atoms with E-state index in [9.17, 15) is 14.4 Å². The lowest BCUT2D eigenvalue weighted by molar-refractivity contribution is -0.167. The van der Waals surface area contributed by atoms with Gasteiger partial charge in [0, 0.05) is 19.3 Å². The molecule has 0 heterocycles. The molecule has 0 aliphatic heterocycles. The van der Waals surface area contributed by atoms with Gasteiger partial charge in [0.05, 0.1) is 0 Å². The fourth-order valence-electron chi connectivity index (χ4n) is 6.73. The second-order valence-electron chi connectivity index (χ2n) is 16.7. The van der Waals surface area contributed by atoms with Gasteiger partial charge in [-0.3, -0.25) is 14.4 Å². The fourth-order valence-corrected chi connectivity index (χ4v) is 6.73. The van der Waals surface area contributed by atoms with Crippen molar-refractivity contribution in [2.75, 3.05) is 13.2 Å². The lowest BCUT2D eigenvalue weighted by atomic mass is 10.1. The minimum Gasteiger partial charge on any atom is -0.462 e. The molecule has 0 aromatic heterocycles. The third-order valence-electron chi connectivity index (χ3n) is 10.6. The van der Waals surface area contributed by atoms with Crippen LogP contribution in [0.15, 0.2) is 97.2 Å². The average molecular weight is 875 g/mol. The molecule has 0 amide bonds. The van der Waals surface area contributed by atoms with Crippen molar-refractivity contribution in [1.82, 2.24) is 0 Å². The number of hydrogen-bond acceptors (Lipinski definition) is 6. The maximum absolute atomic E-state index is 12.8. The van der Waals surface area contributed by atoms with Crippen LogP contribution in [0, 0.1) is 0 Å². The van der Waals surface area contributed by atoms with E-state index in [0.29, 0.717) is 19.3 Å². The van der Waals surface area contributed by atoms with Crippen LogP contribution in [0.4, 0.5) is 0 Å². The second-order valence-corrected chi connectivity index (χ2v) is 16.7. The summed E-state index contributed by atoms with van der Waals surface area (Å²) in [5.74, 6) is -0.962. The summed E-state index contributed by atoms with van der Waals surface area (Å²) in [6.45, 7) is 6.34. The minimum atomic E-state index is -0.802. The molecule has 1 atom stereocenters. The molecule has 0 rings (SSSR count). The molecule has 0 aromatic carbocycles. The van der Waals surface area contributed by atoms with E-state index in [0.717, 1.165) is 122 Å². The Kier molecular flexibility index (Phi) is 48.0. The summed E-state index contributed by atoms with van der Waals surface area (Å²) in [6.07, 6.45) is 66.7. The molecule has 0 aromatic rings. The molecule has 0 saturated heterocycles. The number of unbranched alkanes of at least 4 members (excludes halogenated alkanes) is 18. The molecule has 0 aliphatic carbocycles. The molecule has 358 valence electrons. The van der Waals surface area contributed by atoms with Crippen LogP contribution in [0.2, 0.25) is 0 Å². The van der Waals surface area contributed by atoms with Crippen LogP contribution in [-0.2, 0) is 28.6 Å². The summed E-state index contributed by atoms with van der Waals surface area (Å²) in [5.41, 5.74) is 0. The first-order valence-electron chi connectivity index (χ1n) is 25.7. The number of hydrogen-bond donors (Lipinski definition) is 0. The van der Waals surface area contributed by atoms with E-state index in [1.54, 1.807) is 0 Å². The van der Waals surface area contributed by atoms with Gasteiger partial charge in [-0.25, -0.2) is 0 Å². The van der Waals surface area contributed by atoms with Gasteiger partial charge in [0.15, 0.2) is 6.10 Å². The summed E-state index contributed by atoms with van der Waals surface area (Å²) in [4.78, 5) is 38.0. The zero-order valence-electron chi connectivity index (χ0n) is 40.8. The number of carbonyl (C=O) groups is 3. The molecule has 1 unspecified atom stereocenters. The quantitative estimate of drug-likeness (QED) is 0.0262. The van der Waals surface area contributed by atoms with Crippen molar-refractivity contribution in [2.24, 2.45) is 0 Å². The van der Waals surface area contributed by atoms with Gasteiger partial charge in [-0.15, -0.1) is 0 Å². The van der Waals surface area contributed by atoms with E-state index in [4.69, 9.17) is 14.2 Å². The highest BCUT2D eigenvalue weighted by molar-refractivity contribution is 5.71. The summed E-state index contributed by atoms with van der Waals surface area (Å²) < 4.78 is 16.8. The van der Waals surface area contributed by atoms with Gasteiger partial charge < -0.3 is 14.2 Å². The fraction of sp³-hybridized carbons (Fsp3) is 0.667. The summed E-state index contributed by atoms with van der Waals surface area (Å²) >= 11 is 0. The van der Waals surface area contributed by atoms with Gasteiger partial charge >= 0.3 is 17.9 Å². The molecule has 0 saturated carbocycles. The first kappa shape index (κ1) is 59.3. The number of carbonyl (C=O) groups excluding carboxylic acids is 3. The standard InChI is InChI=1S/C57H94O6/c1-4-7-10-13-16-19-22-25-28-30-32-35-38-41-44-47-50-56(59)62-53-54(52-61-55(58)49-46-43-40-37-34-31-27-24-21-18-15-12-9-6-3)63-57(60)51-48-45-42-39-36-33-29-26-23-20-17-14-11-8-5-2/h7,9-10,12,16,18-21,23,25,27-28,31-32,35,54H,4-6,8,11,13-15,17,22,24,26,29-30,33-34,36-53H2,1-3H3/b10-7-,12-9-,19-16-,21-18-,23-20-,28-25-,31-27-,35-32-. The Morgan fingerprint density at radius 3 is 1.00 bits per heavy atom. The Balaban J connectivity index is 4.49. The molecule has 0 bridgehead atoms. The first-order valence-corrected chi connectivity index (χ1v) is 25.7. The van der Waals surface area contributed by atoms with Crippen LogP contribution in [0.3, 0.4) is 0 Å². The van der Waals surface area contributed by atoms with Crippen molar-refractivity contribution in [1.29, 1.82) is 0 Å². The van der Waals surface area contributed by atoms with E-state index < -0.39 is 6.10 Å². The number of ether oxygens (including phenoxy) is 3. The van der Waals surface area contributed by atoms with Gasteiger partial charge in [-0.05, 0) is 116 Å². The van der Waals surface area contributed by atoms with Crippen LogP contribution in [0.1, 0.15) is 226 Å². The number of esters is 3. The normalized spacial score (nSPS) is 12.9. The zero-order chi connectivity index (χ0) is 45.8. The third kappa shape index (κ3) is 49.2. The monoisotopic (exact) mass is 875 g/mol. The highest BCUT2D eigenvalue weighted by Crippen LogP contribution is 2.13. The lowest BCUT2D eigenvalue weighted by Gasteiger charge is -2.18. The Morgan fingerprint density at radius 2 is 0.619 bits per heavy atom. The van der Waals surface area contributed by atoms with Crippen molar-refractivity contribution in [3.63, 3.8) is 0 Å². The molecule has 6 nitrogen and oxygen atoms in total. The van der Waals surface area contributed by atoms with E-state index in [1.165, 1.54) is 64.2 Å². The lowest BCUT2D eigenvalue weighted by Crippen LogP contribution is -2.30. The number of rotatable bonds is 45. The Hall–Kier alpha value is -3.67. The predicted molar refractivity (Wildman–Crippen MR) is 270 cm³/mol. The molecule has 0 spiro atoms. The molecule has 0 fully saturated rings. The largest absolute Gasteiger partial charge is 0.462 e. The predicted octanol–water partition coefficient (Wildman–Crippen LogP) is 17.0. The molecule has 6 heteroatoms. The van der Waals surface area contributed by atoms with Crippen molar-refractivity contribution in [2.45, 2.75) is 232 Å². The van der Waals surface area contributed by atoms with Gasteiger partial charge in [-0.2, -0.15) is 0 Å². The van der Waals surface area contributed by atoms with Crippen LogP contribution in [0.25, 0.3) is 0 Å². The van der Waals surface area contributed by atoms with E-state index in [1.807, 2.05) is 0 Å². The molecule has 0 radical (unpaired) electrons. The summed E-state index contributed by atoms with van der Waals surface area (Å²) in [7, 11) is 0. The molecule has 0 aliphatic rings. The highest BCUT2D eigenvalue weighted by Gasteiger charge is 2.19. The van der Waals surface area contributed by atoms with E-state index in [2.05, 4.69) is 118 Å². The Labute approximate surface area is 387 Å². The SMILES string of the molecule is CC/C=C\C/C=C\C/C=C\C/C=C\CCCCCC(=O)OCC(COC(=O)CCCCCC/C=C\C/C=C\C/C=C\CC)OC(=O)CCCCCCCCC/C=C\CCCCCC. The third-order valence-corrected chi connectivity index (χ3v) is 10.6. The van der Waals surface area contributed by atoms with Crippen molar-refractivity contribution in [3.8, 4) is 0 Å². The zero-order valence-corrected chi connectivity index (χ0v) is 40.8. The molecular weight excluding hydrogens is 781 g/mol. The van der Waals surface area contributed by atoms with E-state index in [-0.39, 0.29) is 31.1 Å². The van der Waals surface area contributed by atoms with Crippen LogP contribution < -0.4 is 0 Å². The molecular formula is C57H94O6. The van der Waals surface area contributed by atoms with Crippen LogP contribution in [0.5, 0.6) is 0 Å². The topological polar surface area (TPSA) is 78.9 Å². The van der Waals surface area contributed by atoms with Gasteiger partial charge in [0.25, 0.3) is 0 Å². The van der Waals surface area contributed by atoms with Gasteiger partial charge in [-0.1, -0.05) is 189 Å². The van der Waals surface area contributed by atoms with Crippen molar-refractivity contribution >= 4 is 17.9 Å². The smallest absolute Gasteiger partial charge is 0.306 e. The summed E-state index contributed by atoms with van der Waals surface area (Å²) in [5, 5.41) is 0. The maximum atomic E-state index is 12.8. The van der Waals surface area contributed by atoms with Gasteiger partial charge in [0.2, 0.25) is 0 Å². The molecule has 63 heavy (non-hydrogen) atoms. The maximum Gasteiger partial charge on any atom is 0.306 e. The van der Waals surface area contributed by atoms with Crippen molar-refractivity contribution in [3.05, 3.63) is 97.2 Å². The van der Waals surface area contributed by atoms with Crippen LogP contribution in [-0.4, -0.2) is 37.2 Å². The second kappa shape index (κ2) is 51.0. The molecule has 0 N–H and O–H groups in total. The Morgan fingerprint density at radius 1 is 0.333 bits per heavy atom. The van der Waals surface area contributed by atoms with Gasteiger partial charge in [0.1, 0.15) is 13.2 Å². The minimum absolute atomic E-state index is 0.102.